The Balaban J connectivity index is 1.51. The third kappa shape index (κ3) is 3.08. The first-order valence-electron chi connectivity index (χ1n) is 10.1. The first kappa shape index (κ1) is 17.4. The van der Waals surface area contributed by atoms with Crippen molar-refractivity contribution in [1.82, 2.24) is 9.88 Å². The molecule has 28 heavy (non-hydrogen) atoms. The number of fused-ring (bicyclic) bond motifs is 1. The van der Waals surface area contributed by atoms with Gasteiger partial charge in [0.1, 0.15) is 0 Å². The van der Waals surface area contributed by atoms with E-state index in [9.17, 15) is 4.79 Å². The van der Waals surface area contributed by atoms with Crippen LogP contribution in [0.25, 0.3) is 10.9 Å². The van der Waals surface area contributed by atoms with E-state index in [1.165, 1.54) is 18.4 Å². The second kappa shape index (κ2) is 6.71. The molecule has 2 atom stereocenters. The van der Waals surface area contributed by atoms with Gasteiger partial charge in [-0.3, -0.25) is 9.78 Å². The molecule has 2 aliphatic rings. The highest BCUT2D eigenvalue weighted by Crippen LogP contribution is 2.40. The molecule has 0 spiro atoms. The van der Waals surface area contributed by atoms with Gasteiger partial charge in [-0.05, 0) is 43.5 Å². The first-order chi connectivity index (χ1) is 13.6. The number of carbonyl (C=O) groups is 1. The largest absolute Gasteiger partial charge is 0.336 e. The van der Waals surface area contributed by atoms with Crippen LogP contribution in [0.4, 0.5) is 0 Å². The molecule has 4 nitrogen and oxygen atoms in total. The molecule has 0 radical (unpaired) electrons. The maximum Gasteiger partial charge on any atom is 0.254 e. The van der Waals surface area contributed by atoms with E-state index in [0.29, 0.717) is 19.0 Å². The monoisotopic (exact) mass is 371 g/mol. The van der Waals surface area contributed by atoms with Crippen LogP contribution in [0.3, 0.4) is 0 Å². The second-order valence-corrected chi connectivity index (χ2v) is 8.28. The fourth-order valence-corrected chi connectivity index (χ4v) is 4.34. The van der Waals surface area contributed by atoms with E-state index < -0.39 is 0 Å². The van der Waals surface area contributed by atoms with Crippen molar-refractivity contribution in [2.75, 3.05) is 13.1 Å². The summed E-state index contributed by atoms with van der Waals surface area (Å²) >= 11 is 0. The lowest BCUT2D eigenvalue weighted by atomic mass is 9.95. The van der Waals surface area contributed by atoms with Crippen molar-refractivity contribution in [3.05, 3.63) is 77.0 Å². The van der Waals surface area contributed by atoms with Crippen LogP contribution in [0.5, 0.6) is 0 Å². The number of carbonyl (C=O) groups excluding carboxylic acids is 1. The van der Waals surface area contributed by atoms with Crippen molar-refractivity contribution >= 4 is 16.8 Å². The molecule has 1 aliphatic heterocycles. The summed E-state index contributed by atoms with van der Waals surface area (Å²) in [6.45, 7) is 3.31. The number of aryl methyl sites for hydroxylation is 1. The summed E-state index contributed by atoms with van der Waals surface area (Å²) in [4.78, 5) is 20.3. The minimum Gasteiger partial charge on any atom is -0.336 e. The predicted molar refractivity (Wildman–Crippen MR) is 112 cm³/mol. The summed E-state index contributed by atoms with van der Waals surface area (Å²) < 4.78 is 0. The van der Waals surface area contributed by atoms with Gasteiger partial charge in [0.15, 0.2) is 0 Å². The van der Waals surface area contributed by atoms with Gasteiger partial charge in [0.2, 0.25) is 0 Å². The molecule has 4 heteroatoms. The Morgan fingerprint density at radius 1 is 1.07 bits per heavy atom. The van der Waals surface area contributed by atoms with E-state index in [4.69, 9.17) is 10.7 Å². The Morgan fingerprint density at radius 3 is 2.61 bits per heavy atom. The Kier molecular flexibility index (Phi) is 4.17. The highest BCUT2D eigenvalue weighted by molar-refractivity contribution is 6.06. The number of amides is 1. The quantitative estimate of drug-likeness (QED) is 0.757. The van der Waals surface area contributed by atoms with Crippen LogP contribution in [-0.4, -0.2) is 34.9 Å². The van der Waals surface area contributed by atoms with E-state index in [1.54, 1.807) is 0 Å². The van der Waals surface area contributed by atoms with Crippen molar-refractivity contribution in [2.45, 2.75) is 37.6 Å². The number of aromatic nitrogens is 1. The van der Waals surface area contributed by atoms with Gasteiger partial charge in [-0.15, -0.1) is 0 Å². The SMILES string of the molecule is Cc1ccc2nc(C3CC3)cc(C(=O)N3C[C@@H](N)[C@H](c4ccccc4)C3)c2c1. The number of benzene rings is 2. The second-order valence-electron chi connectivity index (χ2n) is 8.28. The number of rotatable bonds is 3. The predicted octanol–water partition coefficient (Wildman–Crippen LogP) is 3.99. The third-order valence-corrected chi connectivity index (χ3v) is 6.09. The third-order valence-electron chi connectivity index (χ3n) is 6.09. The minimum atomic E-state index is -0.0379. The van der Waals surface area contributed by atoms with Gasteiger partial charge in [0, 0.05) is 42.0 Å². The summed E-state index contributed by atoms with van der Waals surface area (Å²) in [6, 6.07) is 18.5. The molecule has 1 saturated heterocycles. The Hall–Kier alpha value is -2.72. The Labute approximate surface area is 165 Å². The van der Waals surface area contributed by atoms with Crippen LogP contribution in [0.2, 0.25) is 0 Å². The lowest BCUT2D eigenvalue weighted by Gasteiger charge is -2.18. The van der Waals surface area contributed by atoms with E-state index >= 15 is 0 Å². The van der Waals surface area contributed by atoms with E-state index in [-0.39, 0.29) is 17.9 Å². The summed E-state index contributed by atoms with van der Waals surface area (Å²) in [5.74, 6) is 0.770. The van der Waals surface area contributed by atoms with Gasteiger partial charge in [0.05, 0.1) is 11.1 Å². The lowest BCUT2D eigenvalue weighted by Crippen LogP contribution is -2.32. The summed E-state index contributed by atoms with van der Waals surface area (Å²) in [7, 11) is 0. The molecule has 1 amide bonds. The molecule has 0 unspecified atom stereocenters. The molecule has 2 aromatic carbocycles. The number of nitrogens with two attached hydrogens (primary N) is 1. The molecule has 2 fully saturated rings. The van der Waals surface area contributed by atoms with Crippen molar-refractivity contribution in [2.24, 2.45) is 5.73 Å². The first-order valence-corrected chi connectivity index (χ1v) is 10.1. The van der Waals surface area contributed by atoms with Gasteiger partial charge in [-0.2, -0.15) is 0 Å². The van der Waals surface area contributed by atoms with Gasteiger partial charge in [-0.25, -0.2) is 0 Å². The summed E-state index contributed by atoms with van der Waals surface area (Å²) in [5, 5.41) is 0.950. The Bertz CT molecular complexity index is 1040. The zero-order valence-corrected chi connectivity index (χ0v) is 16.1. The average Bonchev–Trinajstić information content (AvgIpc) is 3.49. The van der Waals surface area contributed by atoms with Crippen LogP contribution >= 0.6 is 0 Å². The van der Waals surface area contributed by atoms with Gasteiger partial charge in [0.25, 0.3) is 5.91 Å². The van der Waals surface area contributed by atoms with Crippen molar-refractivity contribution in [1.29, 1.82) is 0 Å². The molecule has 3 aromatic rings. The molecule has 1 aliphatic carbocycles. The van der Waals surface area contributed by atoms with E-state index in [1.807, 2.05) is 35.2 Å². The van der Waals surface area contributed by atoms with Crippen LogP contribution in [0.1, 0.15) is 51.9 Å². The van der Waals surface area contributed by atoms with Crippen LogP contribution in [-0.2, 0) is 0 Å². The number of pyridine rings is 1. The van der Waals surface area contributed by atoms with E-state index in [2.05, 4.69) is 31.2 Å². The molecule has 1 saturated carbocycles. The highest BCUT2D eigenvalue weighted by atomic mass is 16.2. The van der Waals surface area contributed by atoms with Crippen LogP contribution in [0, 0.1) is 6.92 Å². The van der Waals surface area contributed by atoms with Crippen LogP contribution < -0.4 is 5.73 Å². The van der Waals surface area contributed by atoms with Crippen LogP contribution in [0.15, 0.2) is 54.6 Å². The minimum absolute atomic E-state index is 0.0379. The van der Waals surface area contributed by atoms with Crippen molar-refractivity contribution < 1.29 is 4.79 Å². The maximum atomic E-state index is 13.5. The van der Waals surface area contributed by atoms with Gasteiger partial charge < -0.3 is 10.6 Å². The molecule has 1 aromatic heterocycles. The molecular weight excluding hydrogens is 346 g/mol. The Morgan fingerprint density at radius 2 is 1.86 bits per heavy atom. The molecular formula is C24H25N3O. The number of hydrogen-bond acceptors (Lipinski definition) is 3. The average molecular weight is 371 g/mol. The van der Waals surface area contributed by atoms with Gasteiger partial charge in [-0.1, -0.05) is 42.0 Å². The van der Waals surface area contributed by atoms with Crippen molar-refractivity contribution in [3.8, 4) is 0 Å². The maximum absolute atomic E-state index is 13.5. The zero-order chi connectivity index (χ0) is 19.3. The van der Waals surface area contributed by atoms with E-state index in [0.717, 1.165) is 27.7 Å². The normalized spacial score (nSPS) is 22.0. The van der Waals surface area contributed by atoms with Crippen molar-refractivity contribution in [3.63, 3.8) is 0 Å². The molecule has 2 heterocycles. The fourth-order valence-electron chi connectivity index (χ4n) is 4.34. The highest BCUT2D eigenvalue weighted by Gasteiger charge is 2.35. The summed E-state index contributed by atoms with van der Waals surface area (Å²) in [5.41, 5.74) is 11.5. The lowest BCUT2D eigenvalue weighted by molar-refractivity contribution is 0.0791. The molecule has 0 bridgehead atoms. The topological polar surface area (TPSA) is 59.2 Å². The van der Waals surface area contributed by atoms with Gasteiger partial charge >= 0.3 is 0 Å². The summed E-state index contributed by atoms with van der Waals surface area (Å²) in [6.07, 6.45) is 2.34. The molecule has 2 N–H and O–H groups in total. The molecule has 142 valence electrons. The number of likely N-dealkylation sites (tertiary alicyclic amines) is 1. The standard InChI is InChI=1S/C24H25N3O/c1-15-7-10-22-18(11-15)19(12-23(26-22)17-8-9-17)24(28)27-13-20(21(25)14-27)16-5-3-2-4-6-16/h2-7,10-12,17,20-21H,8-9,13-14,25H2,1H3/t20-,21+/m0/s1. The smallest absolute Gasteiger partial charge is 0.254 e. The molecule has 5 rings (SSSR count). The number of nitrogens with zero attached hydrogens (tertiary/aromatic N) is 2. The fraction of sp³-hybridized carbons (Fsp3) is 0.333. The zero-order valence-electron chi connectivity index (χ0n) is 16.1. The number of hydrogen-bond donors (Lipinski definition) is 1.